The molecule has 30 heavy (non-hydrogen) atoms. The zero-order chi connectivity index (χ0) is 21.9. The molecule has 8 nitrogen and oxygen atoms in total. The lowest BCUT2D eigenvalue weighted by molar-refractivity contribution is -0.120. The number of sulfonamides is 1. The van der Waals surface area contributed by atoms with Gasteiger partial charge in [0, 0.05) is 25.2 Å². The van der Waals surface area contributed by atoms with E-state index in [0.717, 1.165) is 0 Å². The second kappa shape index (κ2) is 9.11. The monoisotopic (exact) mass is 451 g/mol. The minimum Gasteiger partial charge on any atom is -0.465 e. The number of benzene rings is 1. The number of rotatable bonds is 5. The van der Waals surface area contributed by atoms with Crippen LogP contribution in [0.4, 0.5) is 5.82 Å². The topological polar surface area (TPSA) is 106 Å². The van der Waals surface area contributed by atoms with Crippen LogP contribution >= 0.6 is 11.6 Å². The molecule has 0 bridgehead atoms. The Bertz CT molecular complexity index is 1050. The van der Waals surface area contributed by atoms with E-state index in [1.807, 2.05) is 0 Å². The largest absolute Gasteiger partial charge is 0.465 e. The van der Waals surface area contributed by atoms with Crippen molar-refractivity contribution in [1.82, 2.24) is 9.29 Å². The number of nitrogens with zero attached hydrogens (tertiary/aromatic N) is 2. The number of carbonyl (C=O) groups excluding carboxylic acids is 2. The van der Waals surface area contributed by atoms with Crippen LogP contribution in [-0.2, 0) is 19.6 Å². The van der Waals surface area contributed by atoms with E-state index in [4.69, 9.17) is 11.6 Å². The molecule has 1 amide bonds. The highest BCUT2D eigenvalue weighted by molar-refractivity contribution is 7.89. The Morgan fingerprint density at radius 2 is 1.90 bits per heavy atom. The molecule has 1 fully saturated rings. The number of anilines is 1. The number of hydrogen-bond acceptors (Lipinski definition) is 6. The first-order valence-corrected chi connectivity index (χ1v) is 11.2. The van der Waals surface area contributed by atoms with Crippen molar-refractivity contribution >= 4 is 39.3 Å². The molecule has 1 aromatic carbocycles. The van der Waals surface area contributed by atoms with Crippen LogP contribution in [0, 0.1) is 12.8 Å². The molecule has 1 aliphatic heterocycles. The molecule has 2 heterocycles. The van der Waals surface area contributed by atoms with E-state index in [1.54, 1.807) is 25.1 Å². The van der Waals surface area contributed by atoms with Crippen LogP contribution in [0.25, 0.3) is 0 Å². The fourth-order valence-electron chi connectivity index (χ4n) is 3.30. The average Bonchev–Trinajstić information content (AvgIpc) is 2.75. The number of aryl methyl sites for hydroxylation is 1. The summed E-state index contributed by atoms with van der Waals surface area (Å²) in [6.45, 7) is 2.08. The molecule has 1 aliphatic rings. The van der Waals surface area contributed by atoms with E-state index in [2.05, 4.69) is 15.0 Å². The van der Waals surface area contributed by atoms with E-state index in [9.17, 15) is 18.0 Å². The Morgan fingerprint density at radius 1 is 1.20 bits per heavy atom. The lowest BCUT2D eigenvalue weighted by Gasteiger charge is -2.31. The summed E-state index contributed by atoms with van der Waals surface area (Å²) >= 11 is 5.79. The lowest BCUT2D eigenvalue weighted by atomic mass is 9.97. The quantitative estimate of drug-likeness (QED) is 0.700. The Balaban J connectivity index is 1.68. The van der Waals surface area contributed by atoms with E-state index in [-0.39, 0.29) is 35.4 Å². The molecule has 3 rings (SSSR count). The summed E-state index contributed by atoms with van der Waals surface area (Å²) in [4.78, 5) is 28.4. The van der Waals surface area contributed by atoms with Gasteiger partial charge in [0.05, 0.1) is 22.6 Å². The summed E-state index contributed by atoms with van der Waals surface area (Å²) in [5.74, 6) is -0.727. The second-order valence-electron chi connectivity index (χ2n) is 7.00. The minimum absolute atomic E-state index is 0.0682. The number of halogens is 1. The molecule has 160 valence electrons. The molecule has 0 aliphatic carbocycles. The maximum absolute atomic E-state index is 13.1. The Hall–Kier alpha value is -2.49. The highest BCUT2D eigenvalue weighted by atomic mass is 35.5. The lowest BCUT2D eigenvalue weighted by Crippen LogP contribution is -2.41. The first-order chi connectivity index (χ1) is 14.2. The number of hydrogen-bond donors (Lipinski definition) is 1. The maximum Gasteiger partial charge on any atom is 0.337 e. The van der Waals surface area contributed by atoms with Crippen molar-refractivity contribution in [3.63, 3.8) is 0 Å². The van der Waals surface area contributed by atoms with Gasteiger partial charge in [-0.25, -0.2) is 18.2 Å². The van der Waals surface area contributed by atoms with Gasteiger partial charge in [-0.3, -0.25) is 4.79 Å². The molecule has 2 aromatic rings. The van der Waals surface area contributed by atoms with Gasteiger partial charge in [0.25, 0.3) is 0 Å². The predicted molar refractivity (Wildman–Crippen MR) is 112 cm³/mol. The number of esters is 1. The first kappa shape index (κ1) is 22.2. The van der Waals surface area contributed by atoms with Gasteiger partial charge in [0.2, 0.25) is 15.9 Å². The summed E-state index contributed by atoms with van der Waals surface area (Å²) in [5.41, 5.74) is 0.711. The minimum atomic E-state index is -3.80. The van der Waals surface area contributed by atoms with Gasteiger partial charge in [-0.2, -0.15) is 4.31 Å². The summed E-state index contributed by atoms with van der Waals surface area (Å²) in [7, 11) is -2.56. The van der Waals surface area contributed by atoms with Crippen LogP contribution in [0.2, 0.25) is 5.02 Å². The highest BCUT2D eigenvalue weighted by Crippen LogP contribution is 2.27. The molecule has 10 heteroatoms. The zero-order valence-corrected chi connectivity index (χ0v) is 18.2. The summed E-state index contributed by atoms with van der Waals surface area (Å²) < 4.78 is 32.3. The smallest absolute Gasteiger partial charge is 0.337 e. The van der Waals surface area contributed by atoms with Crippen LogP contribution < -0.4 is 5.32 Å². The summed E-state index contributed by atoms with van der Waals surface area (Å²) in [6, 6.07) is 7.68. The third-order valence-corrected chi connectivity index (χ3v) is 7.29. The van der Waals surface area contributed by atoms with E-state index >= 15 is 0 Å². The maximum atomic E-state index is 13.1. The fraction of sp³-hybridized carbons (Fsp3) is 0.350. The van der Waals surface area contributed by atoms with Crippen LogP contribution in [0.3, 0.4) is 0 Å². The standard InChI is InChI=1S/C20H22ClN3O5S/c1-13-3-4-15(20(26)29-2)11-17(13)30(27,28)24-9-7-14(8-10-24)19(25)23-18-6-5-16(21)12-22-18/h3-6,11-12,14H,7-10H2,1-2H3,(H,22,23,25). The van der Waals surface area contributed by atoms with E-state index in [0.29, 0.717) is 29.2 Å². The fourth-order valence-corrected chi connectivity index (χ4v) is 5.13. The SMILES string of the molecule is COC(=O)c1ccc(C)c(S(=O)(=O)N2CCC(C(=O)Nc3ccc(Cl)cn3)CC2)c1. The zero-order valence-electron chi connectivity index (χ0n) is 16.6. The number of carbonyl (C=O) groups is 2. The van der Waals surface area contributed by atoms with Gasteiger partial charge in [-0.15, -0.1) is 0 Å². The second-order valence-corrected chi connectivity index (χ2v) is 9.34. The van der Waals surface area contributed by atoms with Gasteiger partial charge >= 0.3 is 5.97 Å². The van der Waals surface area contributed by atoms with Crippen molar-refractivity contribution in [1.29, 1.82) is 0 Å². The van der Waals surface area contributed by atoms with Crippen molar-refractivity contribution < 1.29 is 22.7 Å². The van der Waals surface area contributed by atoms with Crippen LogP contribution in [0.15, 0.2) is 41.4 Å². The van der Waals surface area contributed by atoms with Crippen LogP contribution in [-0.4, -0.2) is 49.8 Å². The number of pyridine rings is 1. The number of methoxy groups -OCH3 is 1. The van der Waals surface area contributed by atoms with Crippen molar-refractivity contribution in [3.05, 3.63) is 52.7 Å². The van der Waals surface area contributed by atoms with Crippen LogP contribution in [0.5, 0.6) is 0 Å². The van der Waals surface area contributed by atoms with Crippen molar-refractivity contribution in [2.75, 3.05) is 25.5 Å². The predicted octanol–water partition coefficient (Wildman–Crippen LogP) is 2.87. The molecule has 1 saturated heterocycles. The highest BCUT2D eigenvalue weighted by Gasteiger charge is 2.33. The van der Waals surface area contributed by atoms with Crippen molar-refractivity contribution in [2.45, 2.75) is 24.7 Å². The molecule has 1 N–H and O–H groups in total. The van der Waals surface area contributed by atoms with Gasteiger partial charge in [0.1, 0.15) is 5.82 Å². The van der Waals surface area contributed by atoms with Crippen LogP contribution in [0.1, 0.15) is 28.8 Å². The third-order valence-electron chi connectivity index (χ3n) is 5.03. The Morgan fingerprint density at radius 3 is 2.50 bits per heavy atom. The number of ether oxygens (including phenoxy) is 1. The molecule has 0 saturated carbocycles. The average molecular weight is 452 g/mol. The molecule has 0 radical (unpaired) electrons. The van der Waals surface area contributed by atoms with E-state index < -0.39 is 16.0 Å². The Labute approximate surface area is 180 Å². The van der Waals surface area contributed by atoms with Gasteiger partial charge in [0.15, 0.2) is 0 Å². The number of piperidine rings is 1. The molecule has 0 atom stereocenters. The third kappa shape index (κ3) is 4.80. The van der Waals surface area contributed by atoms with Gasteiger partial charge < -0.3 is 10.1 Å². The normalized spacial score (nSPS) is 15.6. The van der Waals surface area contributed by atoms with Gasteiger partial charge in [-0.1, -0.05) is 17.7 Å². The number of aromatic nitrogens is 1. The Kier molecular flexibility index (Phi) is 6.74. The van der Waals surface area contributed by atoms with Gasteiger partial charge in [-0.05, 0) is 49.6 Å². The molecule has 1 aromatic heterocycles. The van der Waals surface area contributed by atoms with Crippen molar-refractivity contribution in [3.8, 4) is 0 Å². The number of nitrogens with one attached hydrogen (secondary N) is 1. The summed E-state index contributed by atoms with van der Waals surface area (Å²) in [5, 5.41) is 3.20. The van der Waals surface area contributed by atoms with E-state index in [1.165, 1.54) is 29.7 Å². The molecule has 0 unspecified atom stereocenters. The molecule has 0 spiro atoms. The van der Waals surface area contributed by atoms with Crippen molar-refractivity contribution in [2.24, 2.45) is 5.92 Å². The number of amides is 1. The molecular weight excluding hydrogens is 430 g/mol. The first-order valence-electron chi connectivity index (χ1n) is 9.34. The summed E-state index contributed by atoms with van der Waals surface area (Å²) in [6.07, 6.45) is 2.21. The molecular formula is C20H22ClN3O5S.